The molecular weight excluding hydrogens is 276 g/mol. The van der Waals surface area contributed by atoms with E-state index < -0.39 is 0 Å². The summed E-state index contributed by atoms with van der Waals surface area (Å²) in [4.78, 5) is 6.89. The van der Waals surface area contributed by atoms with Gasteiger partial charge in [0.1, 0.15) is 0 Å². The topological polar surface area (TPSA) is 57.5 Å². The highest BCUT2D eigenvalue weighted by molar-refractivity contribution is 5.79. The number of nitrogens with one attached hydrogen (secondary N) is 2. The fourth-order valence-electron chi connectivity index (χ4n) is 2.93. The number of hydrogen-bond acceptors (Lipinski definition) is 3. The van der Waals surface area contributed by atoms with Crippen molar-refractivity contribution in [2.45, 2.75) is 38.6 Å². The average molecular weight is 306 g/mol. The Balaban J connectivity index is 1.67. The Morgan fingerprint density at radius 1 is 1.41 bits per heavy atom. The summed E-state index contributed by atoms with van der Waals surface area (Å²) in [5, 5.41) is 11.1. The van der Waals surface area contributed by atoms with Crippen LogP contribution in [0.5, 0.6) is 0 Å². The van der Waals surface area contributed by atoms with Crippen molar-refractivity contribution in [1.29, 1.82) is 0 Å². The molecule has 1 aliphatic rings. The quantitative estimate of drug-likeness (QED) is 0.608. The van der Waals surface area contributed by atoms with Crippen LogP contribution in [0.4, 0.5) is 0 Å². The Morgan fingerprint density at radius 2 is 2.18 bits per heavy atom. The smallest absolute Gasteiger partial charge is 0.191 e. The number of rotatable bonds is 6. The molecule has 124 valence electrons. The van der Waals surface area contributed by atoms with Crippen molar-refractivity contribution in [3.8, 4) is 0 Å². The molecule has 1 aromatic rings. The molecule has 2 N–H and O–H groups in total. The standard InChI is InChI=1S/C16H30N6/c1-4-9-22-10-6-15(7-11-22)20-16(17-2)18-8-5-14-12-19-21(3)13-14/h12-13,15H,4-11H2,1-3H3,(H2,17,18,20). The van der Waals surface area contributed by atoms with Gasteiger partial charge in [-0.3, -0.25) is 9.67 Å². The van der Waals surface area contributed by atoms with Gasteiger partial charge in [0.2, 0.25) is 0 Å². The minimum absolute atomic E-state index is 0.540. The molecule has 0 saturated carbocycles. The van der Waals surface area contributed by atoms with Crippen molar-refractivity contribution in [1.82, 2.24) is 25.3 Å². The first-order valence-electron chi connectivity index (χ1n) is 8.38. The third-order valence-electron chi connectivity index (χ3n) is 4.16. The van der Waals surface area contributed by atoms with Gasteiger partial charge < -0.3 is 15.5 Å². The molecule has 1 fully saturated rings. The van der Waals surface area contributed by atoms with Crippen LogP contribution in [-0.2, 0) is 13.5 Å². The van der Waals surface area contributed by atoms with Crippen molar-refractivity contribution in [3.63, 3.8) is 0 Å². The van der Waals surface area contributed by atoms with Crippen LogP contribution in [0, 0.1) is 0 Å². The van der Waals surface area contributed by atoms with Crippen LogP contribution in [0.2, 0.25) is 0 Å². The van der Waals surface area contributed by atoms with Crippen LogP contribution in [0.15, 0.2) is 17.4 Å². The Kier molecular flexibility index (Phi) is 6.71. The maximum atomic E-state index is 4.33. The maximum absolute atomic E-state index is 4.33. The lowest BCUT2D eigenvalue weighted by Gasteiger charge is -2.32. The van der Waals surface area contributed by atoms with Crippen molar-refractivity contribution in [3.05, 3.63) is 18.0 Å². The monoisotopic (exact) mass is 306 g/mol. The van der Waals surface area contributed by atoms with Gasteiger partial charge in [-0.1, -0.05) is 6.92 Å². The number of hydrogen-bond donors (Lipinski definition) is 2. The van der Waals surface area contributed by atoms with Gasteiger partial charge in [-0.15, -0.1) is 0 Å². The molecule has 0 aliphatic carbocycles. The highest BCUT2D eigenvalue weighted by Gasteiger charge is 2.19. The van der Waals surface area contributed by atoms with Gasteiger partial charge in [-0.05, 0) is 37.8 Å². The summed E-state index contributed by atoms with van der Waals surface area (Å²) in [6, 6.07) is 0.540. The van der Waals surface area contributed by atoms with Crippen LogP contribution in [-0.4, -0.2) is 59.9 Å². The van der Waals surface area contributed by atoms with Gasteiger partial charge in [0, 0.05) is 46.0 Å². The van der Waals surface area contributed by atoms with Crippen LogP contribution < -0.4 is 10.6 Å². The van der Waals surface area contributed by atoms with Crippen LogP contribution in [0.25, 0.3) is 0 Å². The van der Waals surface area contributed by atoms with Crippen LogP contribution in [0.3, 0.4) is 0 Å². The van der Waals surface area contributed by atoms with E-state index in [1.54, 1.807) is 0 Å². The third-order valence-corrected chi connectivity index (χ3v) is 4.16. The molecule has 0 spiro atoms. The van der Waals surface area contributed by atoms with E-state index in [4.69, 9.17) is 0 Å². The number of piperidine rings is 1. The van der Waals surface area contributed by atoms with E-state index >= 15 is 0 Å². The number of aryl methyl sites for hydroxylation is 1. The molecule has 2 heterocycles. The van der Waals surface area contributed by atoms with Gasteiger partial charge in [0.15, 0.2) is 5.96 Å². The highest BCUT2D eigenvalue weighted by atomic mass is 15.2. The molecule has 6 nitrogen and oxygen atoms in total. The van der Waals surface area contributed by atoms with E-state index in [1.807, 2.05) is 25.0 Å². The molecule has 0 atom stereocenters. The molecular formula is C16H30N6. The SMILES string of the molecule is CCCN1CCC(NC(=NC)NCCc2cnn(C)c2)CC1. The largest absolute Gasteiger partial charge is 0.356 e. The summed E-state index contributed by atoms with van der Waals surface area (Å²) < 4.78 is 1.84. The molecule has 0 unspecified atom stereocenters. The molecule has 2 rings (SSSR count). The fourth-order valence-corrected chi connectivity index (χ4v) is 2.93. The van der Waals surface area contributed by atoms with Gasteiger partial charge in [-0.25, -0.2) is 0 Å². The minimum Gasteiger partial charge on any atom is -0.356 e. The summed E-state index contributed by atoms with van der Waals surface area (Å²) in [6.07, 6.45) is 8.58. The Labute approximate surface area is 134 Å². The summed E-state index contributed by atoms with van der Waals surface area (Å²) in [6.45, 7) is 6.74. The molecule has 1 aliphatic heterocycles. The first-order chi connectivity index (χ1) is 10.7. The van der Waals surface area contributed by atoms with Crippen molar-refractivity contribution < 1.29 is 0 Å². The second-order valence-corrected chi connectivity index (χ2v) is 6.03. The van der Waals surface area contributed by atoms with E-state index in [0.717, 1.165) is 18.9 Å². The van der Waals surface area contributed by atoms with Gasteiger partial charge in [0.25, 0.3) is 0 Å². The number of guanidine groups is 1. The fraction of sp³-hybridized carbons (Fsp3) is 0.750. The second-order valence-electron chi connectivity index (χ2n) is 6.03. The Morgan fingerprint density at radius 3 is 2.77 bits per heavy atom. The van der Waals surface area contributed by atoms with Crippen molar-refractivity contribution >= 4 is 5.96 Å². The summed E-state index contributed by atoms with van der Waals surface area (Å²) in [5.74, 6) is 0.915. The molecule has 1 saturated heterocycles. The number of likely N-dealkylation sites (tertiary alicyclic amines) is 1. The Hall–Kier alpha value is -1.56. The first kappa shape index (κ1) is 16.8. The van der Waals surface area contributed by atoms with E-state index in [9.17, 15) is 0 Å². The zero-order valence-electron chi connectivity index (χ0n) is 14.2. The average Bonchev–Trinajstić information content (AvgIpc) is 2.94. The van der Waals surface area contributed by atoms with E-state index in [0.29, 0.717) is 6.04 Å². The molecule has 6 heteroatoms. The number of nitrogens with zero attached hydrogens (tertiary/aromatic N) is 4. The lowest BCUT2D eigenvalue weighted by Crippen LogP contribution is -2.49. The number of aromatic nitrogens is 2. The van der Waals surface area contributed by atoms with Gasteiger partial charge in [-0.2, -0.15) is 5.10 Å². The van der Waals surface area contributed by atoms with Crippen LogP contribution >= 0.6 is 0 Å². The molecule has 0 bridgehead atoms. The molecule has 1 aromatic heterocycles. The third kappa shape index (κ3) is 5.33. The molecule has 0 radical (unpaired) electrons. The zero-order chi connectivity index (χ0) is 15.8. The summed E-state index contributed by atoms with van der Waals surface area (Å²) in [7, 11) is 3.79. The van der Waals surface area contributed by atoms with Crippen molar-refractivity contribution in [2.75, 3.05) is 33.2 Å². The lowest BCUT2D eigenvalue weighted by atomic mass is 10.1. The van der Waals surface area contributed by atoms with Crippen molar-refractivity contribution in [2.24, 2.45) is 12.0 Å². The normalized spacial score (nSPS) is 17.7. The molecule has 0 aromatic carbocycles. The predicted molar refractivity (Wildman–Crippen MR) is 91.2 cm³/mol. The lowest BCUT2D eigenvalue weighted by molar-refractivity contribution is 0.206. The van der Waals surface area contributed by atoms with Gasteiger partial charge in [0.05, 0.1) is 6.20 Å². The van der Waals surface area contributed by atoms with E-state index in [-0.39, 0.29) is 0 Å². The summed E-state index contributed by atoms with van der Waals surface area (Å²) in [5.41, 5.74) is 1.25. The second kappa shape index (κ2) is 8.78. The first-order valence-corrected chi connectivity index (χ1v) is 8.38. The van der Waals surface area contributed by atoms with E-state index in [2.05, 4.69) is 38.7 Å². The maximum Gasteiger partial charge on any atom is 0.191 e. The van der Waals surface area contributed by atoms with E-state index in [1.165, 1.54) is 44.5 Å². The molecule has 0 amide bonds. The highest BCUT2D eigenvalue weighted by Crippen LogP contribution is 2.10. The van der Waals surface area contributed by atoms with Gasteiger partial charge >= 0.3 is 0 Å². The Bertz CT molecular complexity index is 459. The number of aliphatic imine (C=N–C) groups is 1. The zero-order valence-corrected chi connectivity index (χ0v) is 14.2. The predicted octanol–water partition coefficient (Wildman–Crippen LogP) is 1.00. The minimum atomic E-state index is 0.540. The van der Waals surface area contributed by atoms with Crippen LogP contribution in [0.1, 0.15) is 31.7 Å². The summed E-state index contributed by atoms with van der Waals surface area (Å²) >= 11 is 0. The molecule has 22 heavy (non-hydrogen) atoms.